The molecule has 2 aromatic carbocycles. The number of nitrogens with zero attached hydrogens (tertiary/aromatic N) is 1. The largest absolute Gasteiger partial charge is 0.481 e. The first-order valence-corrected chi connectivity index (χ1v) is 7.80. The summed E-state index contributed by atoms with van der Waals surface area (Å²) in [4.78, 5) is 24.1. The molecule has 0 aliphatic rings. The standard InChI is InChI=1S/C19H14F3NO4/c1-2-26-17(24)11-27-16-7-6-14(19(20,21)22)9-15(16)18(25)13-5-3-4-12(8-13)10-23/h3-9H,2,11H2,1H3. The van der Waals surface area contributed by atoms with E-state index in [1.807, 2.05) is 6.07 Å². The first kappa shape index (κ1) is 20.0. The summed E-state index contributed by atoms with van der Waals surface area (Å²) in [7, 11) is 0. The molecule has 27 heavy (non-hydrogen) atoms. The highest BCUT2D eigenvalue weighted by Gasteiger charge is 2.32. The second-order valence-corrected chi connectivity index (χ2v) is 5.32. The fourth-order valence-corrected chi connectivity index (χ4v) is 2.23. The lowest BCUT2D eigenvalue weighted by Crippen LogP contribution is -2.17. The first-order valence-electron chi connectivity index (χ1n) is 7.80. The highest BCUT2D eigenvalue weighted by molar-refractivity contribution is 6.11. The minimum absolute atomic E-state index is 0.0226. The molecule has 0 saturated heterocycles. The Morgan fingerprint density at radius 3 is 2.52 bits per heavy atom. The molecule has 0 bridgehead atoms. The predicted molar refractivity (Wildman–Crippen MR) is 88.2 cm³/mol. The first-order chi connectivity index (χ1) is 12.8. The van der Waals surface area contributed by atoms with Crippen LogP contribution in [0.25, 0.3) is 0 Å². The zero-order valence-electron chi connectivity index (χ0n) is 14.2. The predicted octanol–water partition coefficient (Wildman–Crippen LogP) is 3.75. The third kappa shape index (κ3) is 5.07. The van der Waals surface area contributed by atoms with Gasteiger partial charge < -0.3 is 9.47 Å². The van der Waals surface area contributed by atoms with Crippen molar-refractivity contribution in [3.05, 3.63) is 64.7 Å². The average molecular weight is 377 g/mol. The SMILES string of the molecule is CCOC(=O)COc1ccc(C(F)(F)F)cc1C(=O)c1cccc(C#N)c1. The second kappa shape index (κ2) is 8.36. The molecule has 2 rings (SSSR count). The zero-order valence-corrected chi connectivity index (χ0v) is 14.2. The number of halogens is 3. The van der Waals surface area contributed by atoms with Gasteiger partial charge in [-0.1, -0.05) is 12.1 Å². The maximum Gasteiger partial charge on any atom is 0.416 e. The Bertz CT molecular complexity index is 901. The van der Waals surface area contributed by atoms with Gasteiger partial charge in [-0.2, -0.15) is 18.4 Å². The second-order valence-electron chi connectivity index (χ2n) is 5.32. The number of carbonyl (C=O) groups is 2. The van der Waals surface area contributed by atoms with Gasteiger partial charge in [0.15, 0.2) is 12.4 Å². The summed E-state index contributed by atoms with van der Waals surface area (Å²) in [5.74, 6) is -1.68. The molecule has 0 unspecified atom stereocenters. The maximum atomic E-state index is 13.0. The van der Waals surface area contributed by atoms with Gasteiger partial charge in [0, 0.05) is 5.56 Å². The van der Waals surface area contributed by atoms with E-state index in [1.165, 1.54) is 24.3 Å². The van der Waals surface area contributed by atoms with Gasteiger partial charge in [-0.3, -0.25) is 4.79 Å². The number of nitriles is 1. The monoisotopic (exact) mass is 377 g/mol. The Morgan fingerprint density at radius 1 is 1.15 bits per heavy atom. The van der Waals surface area contributed by atoms with Crippen LogP contribution in [0.2, 0.25) is 0 Å². The molecule has 2 aromatic rings. The molecule has 5 nitrogen and oxygen atoms in total. The van der Waals surface area contributed by atoms with Crippen LogP contribution in [0.15, 0.2) is 42.5 Å². The molecule has 0 aromatic heterocycles. The summed E-state index contributed by atoms with van der Waals surface area (Å²) in [6.45, 7) is 1.15. The van der Waals surface area contributed by atoms with Crippen LogP contribution < -0.4 is 4.74 Å². The van der Waals surface area contributed by atoms with Gasteiger partial charge in [0.1, 0.15) is 5.75 Å². The van der Waals surface area contributed by atoms with Crippen molar-refractivity contribution >= 4 is 11.8 Å². The van der Waals surface area contributed by atoms with Crippen molar-refractivity contribution in [1.29, 1.82) is 5.26 Å². The Balaban J connectivity index is 2.44. The van der Waals surface area contributed by atoms with E-state index in [9.17, 15) is 22.8 Å². The number of ketones is 1. The van der Waals surface area contributed by atoms with Crippen LogP contribution in [0.5, 0.6) is 5.75 Å². The number of alkyl halides is 3. The molecule has 0 heterocycles. The van der Waals surface area contributed by atoms with E-state index in [2.05, 4.69) is 0 Å². The van der Waals surface area contributed by atoms with Crippen molar-refractivity contribution in [2.45, 2.75) is 13.1 Å². The molecule has 0 fully saturated rings. The number of hydrogen-bond acceptors (Lipinski definition) is 5. The van der Waals surface area contributed by atoms with Crippen LogP contribution in [0.1, 0.15) is 34.0 Å². The topological polar surface area (TPSA) is 76.4 Å². The van der Waals surface area contributed by atoms with Crippen LogP contribution >= 0.6 is 0 Å². The Labute approximate surface area is 152 Å². The molecule has 0 amide bonds. The molecule has 0 radical (unpaired) electrons. The molecule has 8 heteroatoms. The highest BCUT2D eigenvalue weighted by Crippen LogP contribution is 2.33. The van der Waals surface area contributed by atoms with Crippen LogP contribution in [0.3, 0.4) is 0 Å². The number of rotatable bonds is 6. The van der Waals surface area contributed by atoms with Crippen LogP contribution in [0, 0.1) is 11.3 Å². The van der Waals surface area contributed by atoms with E-state index in [-0.39, 0.29) is 29.0 Å². The van der Waals surface area contributed by atoms with Gasteiger partial charge >= 0.3 is 12.1 Å². The number of ether oxygens (including phenoxy) is 2. The molecule has 0 saturated carbocycles. The van der Waals surface area contributed by atoms with Crippen LogP contribution in [-0.2, 0) is 15.7 Å². The number of benzene rings is 2. The van der Waals surface area contributed by atoms with Crippen molar-refractivity contribution < 1.29 is 32.2 Å². The van der Waals surface area contributed by atoms with Crippen LogP contribution in [0.4, 0.5) is 13.2 Å². The number of hydrogen-bond donors (Lipinski definition) is 0. The van der Waals surface area contributed by atoms with Gasteiger partial charge in [-0.05, 0) is 37.3 Å². The molecule has 0 aliphatic carbocycles. The van der Waals surface area contributed by atoms with E-state index in [1.54, 1.807) is 6.92 Å². The van der Waals surface area contributed by atoms with Crippen molar-refractivity contribution in [2.24, 2.45) is 0 Å². The molecule has 0 aliphatic heterocycles. The van der Waals surface area contributed by atoms with E-state index < -0.39 is 30.1 Å². The van der Waals surface area contributed by atoms with E-state index in [0.29, 0.717) is 6.07 Å². The Hall–Kier alpha value is -3.34. The van der Waals surface area contributed by atoms with Crippen molar-refractivity contribution in [2.75, 3.05) is 13.2 Å². The maximum absolute atomic E-state index is 13.0. The van der Waals surface area contributed by atoms with Gasteiger partial charge in [0.25, 0.3) is 0 Å². The van der Waals surface area contributed by atoms with Crippen molar-refractivity contribution in [1.82, 2.24) is 0 Å². The van der Waals surface area contributed by atoms with E-state index >= 15 is 0 Å². The quantitative estimate of drug-likeness (QED) is 0.566. The molecule has 0 N–H and O–H groups in total. The smallest absolute Gasteiger partial charge is 0.416 e. The fourth-order valence-electron chi connectivity index (χ4n) is 2.23. The summed E-state index contributed by atoms with van der Waals surface area (Å²) in [6, 6.07) is 9.77. The highest BCUT2D eigenvalue weighted by atomic mass is 19.4. The average Bonchev–Trinajstić information content (AvgIpc) is 2.65. The minimum Gasteiger partial charge on any atom is -0.481 e. The summed E-state index contributed by atoms with van der Waals surface area (Å²) < 4.78 is 49.0. The van der Waals surface area contributed by atoms with Crippen molar-refractivity contribution in [3.8, 4) is 11.8 Å². The van der Waals surface area contributed by atoms with Gasteiger partial charge in [0.2, 0.25) is 0 Å². The number of carbonyl (C=O) groups excluding carboxylic acids is 2. The number of esters is 1. The lowest BCUT2D eigenvalue weighted by Gasteiger charge is -2.14. The van der Waals surface area contributed by atoms with Gasteiger partial charge in [-0.15, -0.1) is 0 Å². The Kier molecular flexibility index (Phi) is 6.19. The Morgan fingerprint density at radius 2 is 1.89 bits per heavy atom. The molecular formula is C19H14F3NO4. The summed E-state index contributed by atoms with van der Waals surface area (Å²) in [5, 5.41) is 8.93. The minimum atomic E-state index is -4.66. The summed E-state index contributed by atoms with van der Waals surface area (Å²) in [6.07, 6.45) is -4.66. The van der Waals surface area contributed by atoms with Crippen LogP contribution in [-0.4, -0.2) is 25.0 Å². The zero-order chi connectivity index (χ0) is 20.0. The molecule has 140 valence electrons. The van der Waals surface area contributed by atoms with E-state index in [0.717, 1.165) is 12.1 Å². The fraction of sp³-hybridized carbons (Fsp3) is 0.211. The molecular weight excluding hydrogens is 363 g/mol. The molecule has 0 spiro atoms. The summed E-state index contributed by atoms with van der Waals surface area (Å²) >= 11 is 0. The molecule has 0 atom stereocenters. The van der Waals surface area contributed by atoms with E-state index in [4.69, 9.17) is 14.7 Å². The lowest BCUT2D eigenvalue weighted by atomic mass is 9.99. The van der Waals surface area contributed by atoms with Crippen molar-refractivity contribution in [3.63, 3.8) is 0 Å². The van der Waals surface area contributed by atoms with Gasteiger partial charge in [-0.25, -0.2) is 4.79 Å². The van der Waals surface area contributed by atoms with Gasteiger partial charge in [0.05, 0.1) is 29.4 Å². The third-order valence-electron chi connectivity index (χ3n) is 3.46. The summed E-state index contributed by atoms with van der Waals surface area (Å²) in [5.41, 5.74) is -1.20. The third-order valence-corrected chi connectivity index (χ3v) is 3.46. The lowest BCUT2D eigenvalue weighted by molar-refractivity contribution is -0.145. The normalized spacial score (nSPS) is 10.8.